The molecule has 4 heteroatoms. The van der Waals surface area contributed by atoms with E-state index in [2.05, 4.69) is 17.0 Å². The summed E-state index contributed by atoms with van der Waals surface area (Å²) in [6, 6.07) is 9.80. The highest BCUT2D eigenvalue weighted by Crippen LogP contribution is 2.33. The Morgan fingerprint density at radius 1 is 1.38 bits per heavy atom. The molecule has 4 nitrogen and oxygen atoms in total. The Labute approximate surface area is 123 Å². The molecule has 1 aliphatic carbocycles. The van der Waals surface area contributed by atoms with Crippen molar-refractivity contribution in [2.75, 3.05) is 6.61 Å². The van der Waals surface area contributed by atoms with E-state index < -0.39 is 5.97 Å². The zero-order valence-corrected chi connectivity index (χ0v) is 11.7. The predicted molar refractivity (Wildman–Crippen MR) is 78.5 cm³/mol. The smallest absolute Gasteiger partial charge is 0.356 e. The van der Waals surface area contributed by atoms with Crippen molar-refractivity contribution in [3.05, 3.63) is 47.5 Å². The third-order valence-electron chi connectivity index (χ3n) is 3.45. The monoisotopic (exact) mass is 281 g/mol. The Bertz CT molecular complexity index is 664. The number of carbonyl (C=O) groups excluding carboxylic acids is 1. The highest BCUT2D eigenvalue weighted by molar-refractivity contribution is 6.37. The summed E-state index contributed by atoms with van der Waals surface area (Å²) in [4.78, 5) is 17.1. The number of oxime groups is 1. The van der Waals surface area contributed by atoms with Gasteiger partial charge in [-0.3, -0.25) is 0 Å². The van der Waals surface area contributed by atoms with E-state index >= 15 is 0 Å². The van der Waals surface area contributed by atoms with E-state index in [4.69, 9.17) is 9.57 Å². The summed E-state index contributed by atoms with van der Waals surface area (Å²) in [7, 11) is 0. The molecule has 0 saturated heterocycles. The van der Waals surface area contributed by atoms with Crippen molar-refractivity contribution < 1.29 is 14.4 Å². The maximum Gasteiger partial charge on any atom is 0.356 e. The van der Waals surface area contributed by atoms with Crippen LogP contribution in [0.4, 0.5) is 0 Å². The van der Waals surface area contributed by atoms with Crippen molar-refractivity contribution in [3.63, 3.8) is 0 Å². The van der Waals surface area contributed by atoms with Crippen LogP contribution < -0.4 is 0 Å². The molecule has 0 spiro atoms. The molecule has 106 valence electrons. The quantitative estimate of drug-likeness (QED) is 0.617. The molecule has 2 atom stereocenters. The number of rotatable bonds is 2. The van der Waals surface area contributed by atoms with Gasteiger partial charge in [-0.2, -0.15) is 0 Å². The maximum absolute atomic E-state index is 11.8. The fourth-order valence-electron chi connectivity index (χ4n) is 2.44. The molecular weight excluding hydrogens is 266 g/mol. The zero-order chi connectivity index (χ0) is 14.7. The SMILES string of the molecule is CCOC(=O)C1=NOC2C=C(C#Cc3ccccc3)CC12. The minimum absolute atomic E-state index is 0.0656. The van der Waals surface area contributed by atoms with Crippen LogP contribution in [-0.4, -0.2) is 24.4 Å². The molecule has 0 radical (unpaired) electrons. The topological polar surface area (TPSA) is 47.9 Å². The molecule has 2 aliphatic rings. The third-order valence-corrected chi connectivity index (χ3v) is 3.45. The van der Waals surface area contributed by atoms with Crippen LogP contribution in [0.15, 0.2) is 47.1 Å². The van der Waals surface area contributed by atoms with Gasteiger partial charge in [-0.25, -0.2) is 4.79 Å². The first-order chi connectivity index (χ1) is 10.3. The van der Waals surface area contributed by atoms with Gasteiger partial charge < -0.3 is 9.57 Å². The summed E-state index contributed by atoms with van der Waals surface area (Å²) in [5.74, 6) is 5.80. The van der Waals surface area contributed by atoms with Crippen molar-refractivity contribution in [1.29, 1.82) is 0 Å². The molecule has 0 aromatic heterocycles. The molecule has 0 saturated carbocycles. The number of hydrogen-bond donors (Lipinski definition) is 0. The third kappa shape index (κ3) is 2.82. The lowest BCUT2D eigenvalue weighted by atomic mass is 9.98. The zero-order valence-electron chi connectivity index (χ0n) is 11.7. The highest BCUT2D eigenvalue weighted by atomic mass is 16.6. The van der Waals surface area contributed by atoms with Crippen LogP contribution in [0.2, 0.25) is 0 Å². The first kappa shape index (κ1) is 13.4. The Morgan fingerprint density at radius 2 is 2.19 bits per heavy atom. The normalized spacial score (nSPS) is 22.3. The molecule has 0 N–H and O–H groups in total. The first-order valence-corrected chi connectivity index (χ1v) is 6.96. The molecular formula is C17H15NO3. The van der Waals surface area contributed by atoms with Gasteiger partial charge in [0.25, 0.3) is 0 Å². The van der Waals surface area contributed by atoms with Crippen LogP contribution in [-0.2, 0) is 14.4 Å². The van der Waals surface area contributed by atoms with E-state index in [0.717, 1.165) is 11.1 Å². The molecule has 1 heterocycles. The second-order valence-corrected chi connectivity index (χ2v) is 4.89. The van der Waals surface area contributed by atoms with Gasteiger partial charge in [0.1, 0.15) is 0 Å². The summed E-state index contributed by atoms with van der Waals surface area (Å²) < 4.78 is 4.99. The van der Waals surface area contributed by atoms with Crippen LogP contribution >= 0.6 is 0 Å². The van der Waals surface area contributed by atoms with Gasteiger partial charge in [0, 0.05) is 11.1 Å². The minimum atomic E-state index is -0.393. The number of esters is 1. The van der Waals surface area contributed by atoms with Gasteiger partial charge in [0.2, 0.25) is 0 Å². The van der Waals surface area contributed by atoms with E-state index in [1.54, 1.807) is 6.92 Å². The van der Waals surface area contributed by atoms with Crippen molar-refractivity contribution in [2.24, 2.45) is 11.1 Å². The van der Waals surface area contributed by atoms with E-state index in [1.165, 1.54) is 0 Å². The van der Waals surface area contributed by atoms with Gasteiger partial charge in [0.05, 0.1) is 12.5 Å². The number of hydrogen-bond acceptors (Lipinski definition) is 4. The molecule has 1 aromatic carbocycles. The Kier molecular flexibility index (Phi) is 3.74. The largest absolute Gasteiger partial charge is 0.461 e. The molecule has 1 aromatic rings. The second kappa shape index (κ2) is 5.84. The maximum atomic E-state index is 11.8. The number of ether oxygens (including phenoxy) is 1. The van der Waals surface area contributed by atoms with E-state index in [1.807, 2.05) is 36.4 Å². The molecule has 1 aliphatic heterocycles. The summed E-state index contributed by atoms with van der Waals surface area (Å²) in [5.41, 5.74) is 2.32. The fourth-order valence-corrected chi connectivity index (χ4v) is 2.44. The predicted octanol–water partition coefficient (Wildman–Crippen LogP) is 2.30. The number of nitrogens with zero attached hydrogens (tertiary/aromatic N) is 1. The van der Waals surface area contributed by atoms with Crippen LogP contribution in [0.3, 0.4) is 0 Å². The lowest BCUT2D eigenvalue weighted by molar-refractivity contribution is -0.135. The van der Waals surface area contributed by atoms with E-state index in [-0.39, 0.29) is 12.0 Å². The molecule has 0 bridgehead atoms. The number of allylic oxidation sites excluding steroid dienone is 1. The standard InChI is InChI=1S/C17H15NO3/c1-2-20-17(19)16-14-10-13(11-15(14)21-18-16)9-8-12-6-4-3-5-7-12/h3-7,11,14-15H,2,10H2,1H3. The molecule has 2 unspecified atom stereocenters. The van der Waals surface area contributed by atoms with Crippen LogP contribution in [0.25, 0.3) is 0 Å². The molecule has 0 amide bonds. The van der Waals surface area contributed by atoms with Crippen LogP contribution in [0.5, 0.6) is 0 Å². The lowest BCUT2D eigenvalue weighted by Gasteiger charge is -2.07. The number of carbonyl (C=O) groups is 1. The minimum Gasteiger partial charge on any atom is -0.461 e. The molecule has 21 heavy (non-hydrogen) atoms. The van der Waals surface area contributed by atoms with Crippen molar-refractivity contribution in [2.45, 2.75) is 19.4 Å². The summed E-state index contributed by atoms with van der Waals surface area (Å²) in [5, 5.41) is 3.84. The van der Waals surface area contributed by atoms with Crippen molar-refractivity contribution in [3.8, 4) is 11.8 Å². The number of benzene rings is 1. The summed E-state index contributed by atoms with van der Waals surface area (Å²) in [6.07, 6.45) is 2.42. The van der Waals surface area contributed by atoms with E-state index in [9.17, 15) is 4.79 Å². The Hall–Kier alpha value is -2.54. The van der Waals surface area contributed by atoms with Gasteiger partial charge in [-0.15, -0.1) is 0 Å². The summed E-state index contributed by atoms with van der Waals surface area (Å²) >= 11 is 0. The average Bonchev–Trinajstić information content (AvgIpc) is 3.06. The van der Waals surface area contributed by atoms with Gasteiger partial charge in [0.15, 0.2) is 11.8 Å². The van der Waals surface area contributed by atoms with E-state index in [0.29, 0.717) is 18.7 Å². The molecule has 0 fully saturated rings. The van der Waals surface area contributed by atoms with Crippen molar-refractivity contribution in [1.82, 2.24) is 0 Å². The second-order valence-electron chi connectivity index (χ2n) is 4.89. The molecule has 3 rings (SSSR count). The van der Waals surface area contributed by atoms with Crippen molar-refractivity contribution >= 4 is 11.7 Å². The van der Waals surface area contributed by atoms with Gasteiger partial charge in [-0.05, 0) is 31.6 Å². The summed E-state index contributed by atoms with van der Waals surface area (Å²) in [6.45, 7) is 2.11. The van der Waals surface area contributed by atoms with Crippen LogP contribution in [0.1, 0.15) is 18.9 Å². The first-order valence-electron chi connectivity index (χ1n) is 6.96. The Morgan fingerprint density at radius 3 is 2.95 bits per heavy atom. The highest BCUT2D eigenvalue weighted by Gasteiger charge is 2.41. The fraction of sp³-hybridized carbons (Fsp3) is 0.294. The van der Waals surface area contributed by atoms with Gasteiger partial charge in [-0.1, -0.05) is 35.2 Å². The lowest BCUT2D eigenvalue weighted by Crippen LogP contribution is -2.26. The van der Waals surface area contributed by atoms with Crippen LogP contribution in [0, 0.1) is 17.8 Å². The Balaban J connectivity index is 1.69. The average molecular weight is 281 g/mol. The number of fused-ring (bicyclic) bond motifs is 1. The van der Waals surface area contributed by atoms with Gasteiger partial charge >= 0.3 is 5.97 Å².